The normalized spacial score (nSPS) is 37.2. The Bertz CT molecular complexity index is 627. The van der Waals surface area contributed by atoms with Crippen molar-refractivity contribution in [3.05, 3.63) is 29.8 Å². The van der Waals surface area contributed by atoms with E-state index in [4.69, 9.17) is 0 Å². The van der Waals surface area contributed by atoms with Crippen molar-refractivity contribution in [1.29, 1.82) is 0 Å². The number of carbonyl (C=O) groups excluding carboxylic acids is 1. The van der Waals surface area contributed by atoms with Crippen LogP contribution in [0.3, 0.4) is 0 Å². The lowest BCUT2D eigenvalue weighted by Gasteiger charge is -2.59. The van der Waals surface area contributed by atoms with Crippen molar-refractivity contribution >= 4 is 11.5 Å². The lowest BCUT2D eigenvalue weighted by Crippen LogP contribution is -2.65. The van der Waals surface area contributed by atoms with Crippen LogP contribution in [0.25, 0.3) is 0 Å². The predicted molar refractivity (Wildman–Crippen MR) is 97.5 cm³/mol. The van der Waals surface area contributed by atoms with Gasteiger partial charge in [-0.3, -0.25) is 4.79 Å². The first-order chi connectivity index (χ1) is 11.2. The molecule has 0 aromatic heterocycles. The minimum atomic E-state index is -0.904. The zero-order chi connectivity index (χ0) is 17.7. The van der Waals surface area contributed by atoms with Crippen LogP contribution in [0.15, 0.2) is 24.3 Å². The number of nitrogens with zero attached hydrogens (tertiary/aromatic N) is 2. The number of rotatable bonds is 2. The Balaban J connectivity index is 2.00. The number of anilines is 1. The van der Waals surface area contributed by atoms with E-state index in [0.717, 1.165) is 17.8 Å². The SMILES string of the molecule is C[C@@H]1C[C@]2(O)CC(=O)C[C@@H](c3ccc(N(C)C)cc3)[C@]2(C)CN1C. The number of likely N-dealkylation sites (tertiary alicyclic amines) is 1. The summed E-state index contributed by atoms with van der Waals surface area (Å²) in [6.45, 7) is 5.13. The summed E-state index contributed by atoms with van der Waals surface area (Å²) in [5.74, 6) is 0.253. The van der Waals surface area contributed by atoms with E-state index < -0.39 is 5.60 Å². The molecule has 0 radical (unpaired) electrons. The van der Waals surface area contributed by atoms with Gasteiger partial charge in [-0.05, 0) is 38.1 Å². The van der Waals surface area contributed by atoms with Gasteiger partial charge in [0.1, 0.15) is 5.78 Å². The second-order valence-electron chi connectivity index (χ2n) is 8.38. The summed E-state index contributed by atoms with van der Waals surface area (Å²) >= 11 is 0. The van der Waals surface area contributed by atoms with Gasteiger partial charge in [-0.25, -0.2) is 0 Å². The second kappa shape index (κ2) is 5.85. The van der Waals surface area contributed by atoms with E-state index in [1.165, 1.54) is 0 Å². The minimum Gasteiger partial charge on any atom is -0.389 e. The maximum Gasteiger partial charge on any atom is 0.136 e. The summed E-state index contributed by atoms with van der Waals surface area (Å²) in [4.78, 5) is 16.8. The first kappa shape index (κ1) is 17.4. The summed E-state index contributed by atoms with van der Waals surface area (Å²) in [5.41, 5.74) is 1.11. The summed E-state index contributed by atoms with van der Waals surface area (Å²) < 4.78 is 0. The van der Waals surface area contributed by atoms with Crippen LogP contribution in [-0.2, 0) is 4.79 Å². The standard InChI is InChI=1S/C20H30N2O2/c1-14-11-20(24)12-17(23)10-18(19(20,2)13-22(14)5)15-6-8-16(9-7-15)21(3)4/h6-9,14,18,24H,10-13H2,1-5H3/t14-,18+,19+,20+/m1/s1. The van der Waals surface area contributed by atoms with Crippen LogP contribution in [0, 0.1) is 5.41 Å². The maximum absolute atomic E-state index is 12.4. The van der Waals surface area contributed by atoms with Gasteiger partial charge in [0.25, 0.3) is 0 Å². The molecule has 3 rings (SSSR count). The molecule has 1 aromatic rings. The van der Waals surface area contributed by atoms with E-state index in [1.807, 2.05) is 14.1 Å². The molecule has 4 atom stereocenters. The van der Waals surface area contributed by atoms with Crippen LogP contribution in [0.5, 0.6) is 0 Å². The Labute approximate surface area is 145 Å². The van der Waals surface area contributed by atoms with E-state index >= 15 is 0 Å². The molecule has 0 unspecified atom stereocenters. The zero-order valence-electron chi connectivity index (χ0n) is 15.5. The third kappa shape index (κ3) is 2.66. The van der Waals surface area contributed by atoms with Gasteiger partial charge in [-0.15, -0.1) is 0 Å². The van der Waals surface area contributed by atoms with Crippen LogP contribution in [0.2, 0.25) is 0 Å². The Hall–Kier alpha value is -1.39. The Morgan fingerprint density at radius 3 is 2.46 bits per heavy atom. The average Bonchev–Trinajstić information content (AvgIpc) is 2.50. The van der Waals surface area contributed by atoms with Gasteiger partial charge in [-0.1, -0.05) is 19.1 Å². The summed E-state index contributed by atoms with van der Waals surface area (Å²) in [6.07, 6.45) is 1.49. The molecular formula is C20H30N2O2. The number of aliphatic hydroxyl groups is 1. The van der Waals surface area contributed by atoms with Crippen LogP contribution in [0.1, 0.15) is 44.6 Å². The molecule has 132 valence electrons. The molecule has 24 heavy (non-hydrogen) atoms. The highest BCUT2D eigenvalue weighted by Crippen LogP contribution is 2.56. The van der Waals surface area contributed by atoms with E-state index in [2.05, 4.69) is 55.0 Å². The lowest BCUT2D eigenvalue weighted by molar-refractivity contribution is -0.176. The molecule has 4 nitrogen and oxygen atoms in total. The molecule has 2 aliphatic rings. The van der Waals surface area contributed by atoms with Crippen molar-refractivity contribution < 1.29 is 9.90 Å². The topological polar surface area (TPSA) is 43.8 Å². The summed E-state index contributed by atoms with van der Waals surface area (Å²) in [5, 5.41) is 11.4. The molecule has 1 aliphatic carbocycles. The van der Waals surface area contributed by atoms with Crippen LogP contribution < -0.4 is 4.90 Å². The molecule has 1 saturated heterocycles. The first-order valence-electron chi connectivity index (χ1n) is 8.88. The third-order valence-electron chi connectivity index (χ3n) is 6.53. The van der Waals surface area contributed by atoms with Gasteiger partial charge in [0, 0.05) is 56.5 Å². The Kier molecular flexibility index (Phi) is 4.25. The smallest absolute Gasteiger partial charge is 0.136 e. The molecular weight excluding hydrogens is 300 g/mol. The van der Waals surface area contributed by atoms with Crippen LogP contribution >= 0.6 is 0 Å². The molecule has 2 fully saturated rings. The highest BCUT2D eigenvalue weighted by Gasteiger charge is 2.59. The second-order valence-corrected chi connectivity index (χ2v) is 8.38. The molecule has 1 N–H and O–H groups in total. The number of Topliss-reactive ketones (excluding diaryl/α,β-unsaturated/α-hetero) is 1. The van der Waals surface area contributed by atoms with Gasteiger partial charge < -0.3 is 14.9 Å². The van der Waals surface area contributed by atoms with Crippen LogP contribution in [-0.4, -0.2) is 55.1 Å². The number of hydrogen-bond acceptors (Lipinski definition) is 4. The number of carbonyl (C=O) groups is 1. The molecule has 1 aromatic carbocycles. The highest BCUT2D eigenvalue weighted by molar-refractivity contribution is 5.82. The van der Waals surface area contributed by atoms with Gasteiger partial charge in [0.05, 0.1) is 5.60 Å². The number of hydrogen-bond donors (Lipinski definition) is 1. The van der Waals surface area contributed by atoms with E-state index in [1.54, 1.807) is 0 Å². The number of piperidine rings is 1. The predicted octanol–water partition coefficient (Wildman–Crippen LogP) is 2.66. The maximum atomic E-state index is 12.4. The molecule has 0 bridgehead atoms. The van der Waals surface area contributed by atoms with Gasteiger partial charge in [-0.2, -0.15) is 0 Å². The lowest BCUT2D eigenvalue weighted by atomic mass is 9.53. The van der Waals surface area contributed by atoms with Crippen molar-refractivity contribution in [2.45, 2.75) is 50.7 Å². The zero-order valence-corrected chi connectivity index (χ0v) is 15.5. The average molecular weight is 330 g/mol. The third-order valence-corrected chi connectivity index (χ3v) is 6.53. The number of benzene rings is 1. The largest absolute Gasteiger partial charge is 0.389 e. The fourth-order valence-corrected chi connectivity index (χ4v) is 4.75. The van der Waals surface area contributed by atoms with Crippen molar-refractivity contribution in [2.75, 3.05) is 32.6 Å². The molecule has 1 saturated carbocycles. The summed E-state index contributed by atoms with van der Waals surface area (Å²) in [6, 6.07) is 8.76. The van der Waals surface area contributed by atoms with E-state index in [-0.39, 0.29) is 17.1 Å². The van der Waals surface area contributed by atoms with Crippen LogP contribution in [0.4, 0.5) is 5.69 Å². The van der Waals surface area contributed by atoms with Crippen molar-refractivity contribution in [3.63, 3.8) is 0 Å². The summed E-state index contributed by atoms with van der Waals surface area (Å²) in [7, 11) is 6.17. The highest BCUT2D eigenvalue weighted by atomic mass is 16.3. The van der Waals surface area contributed by atoms with E-state index in [9.17, 15) is 9.90 Å². The van der Waals surface area contributed by atoms with Gasteiger partial charge in [0.15, 0.2) is 0 Å². The van der Waals surface area contributed by atoms with Crippen molar-refractivity contribution in [1.82, 2.24) is 4.90 Å². The fourth-order valence-electron chi connectivity index (χ4n) is 4.75. The molecule has 1 heterocycles. The molecule has 0 spiro atoms. The number of fused-ring (bicyclic) bond motifs is 1. The van der Waals surface area contributed by atoms with Gasteiger partial charge in [0.2, 0.25) is 0 Å². The van der Waals surface area contributed by atoms with E-state index in [0.29, 0.717) is 25.3 Å². The number of ketones is 1. The Morgan fingerprint density at radius 1 is 1.25 bits per heavy atom. The molecule has 1 aliphatic heterocycles. The van der Waals surface area contributed by atoms with Crippen molar-refractivity contribution in [3.8, 4) is 0 Å². The first-order valence-corrected chi connectivity index (χ1v) is 8.88. The quantitative estimate of drug-likeness (QED) is 0.905. The Morgan fingerprint density at radius 2 is 1.88 bits per heavy atom. The molecule has 4 heteroatoms. The molecule has 0 amide bonds. The van der Waals surface area contributed by atoms with Crippen molar-refractivity contribution in [2.24, 2.45) is 5.41 Å². The minimum absolute atomic E-state index is 0.0647. The fraction of sp³-hybridized carbons (Fsp3) is 0.650. The monoisotopic (exact) mass is 330 g/mol. The van der Waals surface area contributed by atoms with Gasteiger partial charge >= 0.3 is 0 Å².